The van der Waals surface area contributed by atoms with Gasteiger partial charge in [0.2, 0.25) is 5.82 Å². The molecule has 1 atom stereocenters. The van der Waals surface area contributed by atoms with Crippen molar-refractivity contribution in [2.75, 3.05) is 17.6 Å². The first-order valence-corrected chi connectivity index (χ1v) is 7.85. The molecule has 112 valence electrons. The Bertz CT molecular complexity index is 606. The first-order chi connectivity index (χ1) is 9.18. The van der Waals surface area contributed by atoms with Gasteiger partial charge in [-0.1, -0.05) is 11.6 Å². The van der Waals surface area contributed by atoms with Gasteiger partial charge in [-0.15, -0.1) is 0 Å². The van der Waals surface area contributed by atoms with Crippen molar-refractivity contribution >= 4 is 27.3 Å². The molecule has 1 aliphatic heterocycles. The van der Waals surface area contributed by atoms with E-state index in [9.17, 15) is 21.6 Å². The summed E-state index contributed by atoms with van der Waals surface area (Å²) in [4.78, 5) is 6.37. The number of hydrogen-bond donors (Lipinski definition) is 1. The van der Waals surface area contributed by atoms with Gasteiger partial charge < -0.3 is 5.32 Å². The highest BCUT2D eigenvalue weighted by molar-refractivity contribution is 7.92. The standard InChI is InChI=1S/C10H11ClF3N3O2S/c11-7-4-8(17-9(16-7)10(12,13)14)15-5-6-2-1-3-20(6,18)19/h4,6H,1-3,5H2,(H,15,16,17). The minimum absolute atomic E-state index is 0.00692. The number of sulfone groups is 1. The van der Waals surface area contributed by atoms with Gasteiger partial charge in [0.15, 0.2) is 9.84 Å². The molecule has 20 heavy (non-hydrogen) atoms. The van der Waals surface area contributed by atoms with Gasteiger partial charge in [0, 0.05) is 12.6 Å². The topological polar surface area (TPSA) is 72.0 Å². The Morgan fingerprint density at radius 2 is 2.10 bits per heavy atom. The maximum absolute atomic E-state index is 12.5. The Kier molecular flexibility index (Phi) is 4.10. The molecule has 1 saturated heterocycles. The minimum atomic E-state index is -4.71. The summed E-state index contributed by atoms with van der Waals surface area (Å²) in [6.07, 6.45) is -3.66. The molecule has 1 fully saturated rings. The Balaban J connectivity index is 2.12. The SMILES string of the molecule is O=S1(=O)CCCC1CNc1cc(Cl)nc(C(F)(F)F)n1. The van der Waals surface area contributed by atoms with Crippen LogP contribution in [0, 0.1) is 0 Å². The van der Waals surface area contributed by atoms with Crippen LogP contribution in [0.4, 0.5) is 19.0 Å². The molecule has 1 aromatic rings. The Hall–Kier alpha value is -1.09. The molecule has 2 rings (SSSR count). The summed E-state index contributed by atoms with van der Waals surface area (Å²) in [5, 5.41) is 1.62. The number of aromatic nitrogens is 2. The highest BCUT2D eigenvalue weighted by Crippen LogP contribution is 2.28. The molecule has 0 bridgehead atoms. The van der Waals surface area contributed by atoms with E-state index in [4.69, 9.17) is 11.6 Å². The molecule has 1 aromatic heterocycles. The summed E-state index contributed by atoms with van der Waals surface area (Å²) in [6, 6.07) is 1.12. The van der Waals surface area contributed by atoms with Crippen LogP contribution in [0.5, 0.6) is 0 Å². The van der Waals surface area contributed by atoms with E-state index in [2.05, 4.69) is 15.3 Å². The molecule has 0 amide bonds. The number of anilines is 1. The third kappa shape index (κ3) is 3.51. The molecule has 0 spiro atoms. The van der Waals surface area contributed by atoms with E-state index >= 15 is 0 Å². The van der Waals surface area contributed by atoms with Crippen LogP contribution in [-0.4, -0.2) is 35.9 Å². The van der Waals surface area contributed by atoms with Crippen molar-refractivity contribution in [2.45, 2.75) is 24.3 Å². The second-order valence-electron chi connectivity index (χ2n) is 4.41. The van der Waals surface area contributed by atoms with Gasteiger partial charge >= 0.3 is 6.18 Å². The van der Waals surface area contributed by atoms with Crippen LogP contribution in [0.25, 0.3) is 0 Å². The van der Waals surface area contributed by atoms with E-state index in [1.807, 2.05) is 0 Å². The summed E-state index contributed by atoms with van der Waals surface area (Å²) < 4.78 is 60.7. The molecule has 1 unspecified atom stereocenters. The predicted molar refractivity (Wildman–Crippen MR) is 67.3 cm³/mol. The number of rotatable bonds is 3. The van der Waals surface area contributed by atoms with Gasteiger partial charge in [-0.25, -0.2) is 18.4 Å². The number of hydrogen-bond acceptors (Lipinski definition) is 5. The molecule has 0 aliphatic carbocycles. The number of nitrogens with zero attached hydrogens (tertiary/aromatic N) is 2. The molecule has 0 saturated carbocycles. The fourth-order valence-corrected chi connectivity index (χ4v) is 3.89. The van der Waals surface area contributed by atoms with E-state index < -0.39 is 27.1 Å². The normalized spacial score (nSPS) is 21.9. The number of alkyl halides is 3. The van der Waals surface area contributed by atoms with E-state index in [1.165, 1.54) is 0 Å². The molecule has 1 N–H and O–H groups in total. The fraction of sp³-hybridized carbons (Fsp3) is 0.600. The van der Waals surface area contributed by atoms with E-state index in [-0.39, 0.29) is 23.3 Å². The molecule has 0 radical (unpaired) electrons. The molecular weight excluding hydrogens is 319 g/mol. The van der Waals surface area contributed by atoms with Gasteiger partial charge in [0.25, 0.3) is 0 Å². The Morgan fingerprint density at radius 1 is 1.40 bits per heavy atom. The Morgan fingerprint density at radius 3 is 2.65 bits per heavy atom. The zero-order chi connectivity index (χ0) is 15.0. The lowest BCUT2D eigenvalue weighted by Gasteiger charge is -2.12. The summed E-state index contributed by atoms with van der Waals surface area (Å²) in [7, 11) is -3.17. The van der Waals surface area contributed by atoms with Crippen LogP contribution in [0.3, 0.4) is 0 Å². The van der Waals surface area contributed by atoms with E-state index in [0.29, 0.717) is 12.8 Å². The molecular formula is C10H11ClF3N3O2S. The third-order valence-electron chi connectivity index (χ3n) is 2.92. The molecule has 10 heteroatoms. The minimum Gasteiger partial charge on any atom is -0.369 e. The molecule has 1 aliphatic rings. The second kappa shape index (κ2) is 5.36. The monoisotopic (exact) mass is 329 g/mol. The van der Waals surface area contributed by atoms with Gasteiger partial charge in [-0.05, 0) is 12.8 Å². The summed E-state index contributed by atoms with van der Waals surface area (Å²) >= 11 is 5.50. The van der Waals surface area contributed by atoms with Gasteiger partial charge in [0.1, 0.15) is 11.0 Å². The van der Waals surface area contributed by atoms with Crippen LogP contribution < -0.4 is 5.32 Å². The van der Waals surface area contributed by atoms with Crippen molar-refractivity contribution < 1.29 is 21.6 Å². The molecule has 0 aromatic carbocycles. The van der Waals surface area contributed by atoms with Gasteiger partial charge in [0.05, 0.1) is 11.0 Å². The van der Waals surface area contributed by atoms with Crippen LogP contribution in [0.2, 0.25) is 5.15 Å². The molecule has 2 heterocycles. The largest absolute Gasteiger partial charge is 0.451 e. The number of nitrogens with one attached hydrogen (secondary N) is 1. The van der Waals surface area contributed by atoms with Crippen molar-refractivity contribution in [3.63, 3.8) is 0 Å². The van der Waals surface area contributed by atoms with Crippen molar-refractivity contribution in [1.82, 2.24) is 9.97 Å². The quantitative estimate of drug-likeness (QED) is 0.860. The highest BCUT2D eigenvalue weighted by Gasteiger charge is 2.36. The van der Waals surface area contributed by atoms with E-state index in [0.717, 1.165) is 6.07 Å². The van der Waals surface area contributed by atoms with Crippen LogP contribution >= 0.6 is 11.6 Å². The first kappa shape index (κ1) is 15.3. The Labute approximate surface area is 118 Å². The van der Waals surface area contributed by atoms with E-state index in [1.54, 1.807) is 0 Å². The fourth-order valence-electron chi connectivity index (χ4n) is 1.94. The van der Waals surface area contributed by atoms with Crippen LogP contribution in [0.15, 0.2) is 6.07 Å². The second-order valence-corrected chi connectivity index (χ2v) is 7.20. The average Bonchev–Trinajstić information content (AvgIpc) is 2.64. The maximum atomic E-state index is 12.5. The highest BCUT2D eigenvalue weighted by atomic mass is 35.5. The van der Waals surface area contributed by atoms with Gasteiger partial charge in [-0.3, -0.25) is 0 Å². The maximum Gasteiger partial charge on any atom is 0.451 e. The lowest BCUT2D eigenvalue weighted by molar-refractivity contribution is -0.144. The number of halogens is 4. The van der Waals surface area contributed by atoms with Crippen molar-refractivity contribution in [3.05, 3.63) is 17.0 Å². The van der Waals surface area contributed by atoms with Crippen molar-refractivity contribution in [2.24, 2.45) is 0 Å². The first-order valence-electron chi connectivity index (χ1n) is 5.76. The lowest BCUT2D eigenvalue weighted by Crippen LogP contribution is -2.25. The summed E-state index contributed by atoms with van der Waals surface area (Å²) in [5.41, 5.74) is 0. The summed E-state index contributed by atoms with van der Waals surface area (Å²) in [6.45, 7) is 0.00692. The predicted octanol–water partition coefficient (Wildman–Crippen LogP) is 2.14. The van der Waals surface area contributed by atoms with Crippen molar-refractivity contribution in [3.8, 4) is 0 Å². The van der Waals surface area contributed by atoms with Crippen LogP contribution in [0.1, 0.15) is 18.7 Å². The average molecular weight is 330 g/mol. The smallest absolute Gasteiger partial charge is 0.369 e. The summed E-state index contributed by atoms with van der Waals surface area (Å²) in [5.74, 6) is -1.39. The van der Waals surface area contributed by atoms with Crippen molar-refractivity contribution in [1.29, 1.82) is 0 Å². The lowest BCUT2D eigenvalue weighted by atomic mass is 10.2. The van der Waals surface area contributed by atoms with Gasteiger partial charge in [-0.2, -0.15) is 13.2 Å². The zero-order valence-corrected chi connectivity index (χ0v) is 11.7. The van der Waals surface area contributed by atoms with Crippen LogP contribution in [-0.2, 0) is 16.0 Å². The zero-order valence-electron chi connectivity index (χ0n) is 10.1. The third-order valence-corrected chi connectivity index (χ3v) is 5.39. The molecule has 5 nitrogen and oxygen atoms in total.